The molecule has 4 nitrogen and oxygen atoms in total. The topological polar surface area (TPSA) is 36.4 Å². The third-order valence-corrected chi connectivity index (χ3v) is 5.11. The van der Waals surface area contributed by atoms with Gasteiger partial charge in [0.05, 0.1) is 11.9 Å². The predicted molar refractivity (Wildman–Crippen MR) is 95.2 cm³/mol. The van der Waals surface area contributed by atoms with Gasteiger partial charge in [0.1, 0.15) is 5.69 Å². The smallest absolute Gasteiger partial charge is 0.272 e. The van der Waals surface area contributed by atoms with E-state index >= 15 is 0 Å². The van der Waals surface area contributed by atoms with Crippen molar-refractivity contribution in [1.82, 2.24) is 9.88 Å². The molecule has 3 heterocycles. The number of piperidine rings is 1. The van der Waals surface area contributed by atoms with Gasteiger partial charge in [-0.2, -0.15) is 0 Å². The molecular weight excluding hydrogens is 298 g/mol. The maximum absolute atomic E-state index is 12.7. The third kappa shape index (κ3) is 3.01. The van der Waals surface area contributed by atoms with E-state index in [4.69, 9.17) is 0 Å². The first-order valence-corrected chi connectivity index (χ1v) is 8.88. The molecule has 2 aromatic rings. The van der Waals surface area contributed by atoms with E-state index in [0.29, 0.717) is 12.2 Å². The van der Waals surface area contributed by atoms with Crippen molar-refractivity contribution in [1.29, 1.82) is 0 Å². The summed E-state index contributed by atoms with van der Waals surface area (Å²) in [6.07, 6.45) is 6.59. The Hall–Kier alpha value is -2.36. The molecule has 2 aliphatic rings. The molecule has 0 spiro atoms. The van der Waals surface area contributed by atoms with E-state index in [0.717, 1.165) is 31.7 Å². The van der Waals surface area contributed by atoms with Crippen molar-refractivity contribution in [3.63, 3.8) is 0 Å². The molecule has 2 aliphatic heterocycles. The Balaban J connectivity index is 1.47. The van der Waals surface area contributed by atoms with E-state index in [1.807, 2.05) is 29.3 Å². The van der Waals surface area contributed by atoms with Crippen molar-refractivity contribution in [2.24, 2.45) is 0 Å². The minimum Gasteiger partial charge on any atom is -0.370 e. The average Bonchev–Trinajstić information content (AvgIpc) is 2.68. The lowest BCUT2D eigenvalue weighted by molar-refractivity contribution is 0.0729. The van der Waals surface area contributed by atoms with Crippen molar-refractivity contribution in [2.75, 3.05) is 24.5 Å². The number of amides is 1. The maximum atomic E-state index is 12.7. The minimum atomic E-state index is 0.0368. The minimum absolute atomic E-state index is 0.0368. The van der Waals surface area contributed by atoms with Gasteiger partial charge in [0.15, 0.2) is 0 Å². The zero-order chi connectivity index (χ0) is 16.4. The molecule has 0 aliphatic carbocycles. The average molecular weight is 321 g/mol. The SMILES string of the molecule is O=C(c1ccc(N2CCCCC2)cn1)N1CCc2ccccc2C1. The van der Waals surface area contributed by atoms with Crippen molar-refractivity contribution in [3.8, 4) is 0 Å². The number of benzene rings is 1. The van der Waals surface area contributed by atoms with Crippen LogP contribution in [0.4, 0.5) is 5.69 Å². The Kier molecular flexibility index (Phi) is 4.20. The highest BCUT2D eigenvalue weighted by atomic mass is 16.2. The fourth-order valence-corrected chi connectivity index (χ4v) is 3.68. The van der Waals surface area contributed by atoms with Crippen LogP contribution in [0.5, 0.6) is 0 Å². The number of hydrogen-bond acceptors (Lipinski definition) is 3. The molecule has 0 bridgehead atoms. The number of rotatable bonds is 2. The van der Waals surface area contributed by atoms with Gasteiger partial charge in [0.25, 0.3) is 5.91 Å². The van der Waals surface area contributed by atoms with E-state index in [2.05, 4.69) is 28.1 Å². The lowest BCUT2D eigenvalue weighted by Crippen LogP contribution is -2.36. The standard InChI is InChI=1S/C20H23N3O/c24-20(23-13-10-16-6-2-3-7-17(16)15-23)19-9-8-18(14-21-19)22-11-4-1-5-12-22/h2-3,6-9,14H,1,4-5,10-13,15H2. The molecule has 4 heteroatoms. The van der Waals surface area contributed by atoms with Gasteiger partial charge in [-0.3, -0.25) is 4.79 Å². The van der Waals surface area contributed by atoms with Crippen LogP contribution in [-0.2, 0) is 13.0 Å². The molecule has 1 fully saturated rings. The molecular formula is C20H23N3O. The van der Waals surface area contributed by atoms with Crippen LogP contribution in [0.1, 0.15) is 40.9 Å². The second-order valence-electron chi connectivity index (χ2n) is 6.69. The van der Waals surface area contributed by atoms with Crippen molar-refractivity contribution >= 4 is 11.6 Å². The molecule has 0 atom stereocenters. The first-order valence-electron chi connectivity index (χ1n) is 8.88. The zero-order valence-corrected chi connectivity index (χ0v) is 13.9. The zero-order valence-electron chi connectivity index (χ0n) is 13.9. The third-order valence-electron chi connectivity index (χ3n) is 5.11. The van der Waals surface area contributed by atoms with Crippen LogP contribution in [-0.4, -0.2) is 35.4 Å². The monoisotopic (exact) mass is 321 g/mol. The highest BCUT2D eigenvalue weighted by Crippen LogP contribution is 2.22. The normalized spacial score (nSPS) is 17.5. The summed E-state index contributed by atoms with van der Waals surface area (Å²) in [5.41, 5.74) is 4.29. The van der Waals surface area contributed by atoms with Gasteiger partial charge in [-0.25, -0.2) is 4.98 Å². The molecule has 0 radical (unpaired) electrons. The number of carbonyl (C=O) groups is 1. The summed E-state index contributed by atoms with van der Waals surface area (Å²) < 4.78 is 0. The Morgan fingerprint density at radius 2 is 1.71 bits per heavy atom. The Morgan fingerprint density at radius 3 is 2.46 bits per heavy atom. The molecule has 124 valence electrons. The van der Waals surface area contributed by atoms with Gasteiger partial charge in [0.2, 0.25) is 0 Å². The Labute approximate surface area is 143 Å². The maximum Gasteiger partial charge on any atom is 0.272 e. The number of pyridine rings is 1. The van der Waals surface area contributed by atoms with E-state index in [1.54, 1.807) is 0 Å². The summed E-state index contributed by atoms with van der Waals surface area (Å²) in [6, 6.07) is 12.3. The van der Waals surface area contributed by atoms with Gasteiger partial charge in [-0.1, -0.05) is 24.3 Å². The largest absolute Gasteiger partial charge is 0.370 e. The van der Waals surface area contributed by atoms with E-state index in [9.17, 15) is 4.79 Å². The molecule has 1 aromatic heterocycles. The molecule has 1 aromatic carbocycles. The Morgan fingerprint density at radius 1 is 0.917 bits per heavy atom. The quantitative estimate of drug-likeness (QED) is 0.852. The van der Waals surface area contributed by atoms with Gasteiger partial charge in [0, 0.05) is 26.2 Å². The Bertz CT molecular complexity index is 720. The van der Waals surface area contributed by atoms with Crippen molar-refractivity contribution in [3.05, 3.63) is 59.4 Å². The second kappa shape index (κ2) is 6.63. The number of aromatic nitrogens is 1. The van der Waals surface area contributed by atoms with Crippen molar-refractivity contribution in [2.45, 2.75) is 32.2 Å². The van der Waals surface area contributed by atoms with Gasteiger partial charge in [-0.05, 0) is 48.9 Å². The van der Waals surface area contributed by atoms with Gasteiger partial charge >= 0.3 is 0 Å². The molecule has 4 rings (SSSR count). The summed E-state index contributed by atoms with van der Waals surface area (Å²) in [5.74, 6) is 0.0368. The van der Waals surface area contributed by atoms with Crippen LogP contribution in [0.15, 0.2) is 42.6 Å². The highest BCUT2D eigenvalue weighted by molar-refractivity contribution is 5.92. The number of hydrogen-bond donors (Lipinski definition) is 0. The van der Waals surface area contributed by atoms with E-state index in [-0.39, 0.29) is 5.91 Å². The highest BCUT2D eigenvalue weighted by Gasteiger charge is 2.22. The van der Waals surface area contributed by atoms with Crippen LogP contribution in [0.3, 0.4) is 0 Å². The summed E-state index contributed by atoms with van der Waals surface area (Å²) in [4.78, 5) is 21.5. The number of anilines is 1. The molecule has 24 heavy (non-hydrogen) atoms. The summed E-state index contributed by atoms with van der Waals surface area (Å²) in [6.45, 7) is 3.64. The lowest BCUT2D eigenvalue weighted by atomic mass is 10.00. The molecule has 1 saturated heterocycles. The number of fused-ring (bicyclic) bond motifs is 1. The number of carbonyl (C=O) groups excluding carboxylic acids is 1. The number of nitrogens with zero attached hydrogens (tertiary/aromatic N) is 3. The first-order chi connectivity index (χ1) is 11.8. The molecule has 0 saturated carbocycles. The van der Waals surface area contributed by atoms with Crippen LogP contribution in [0, 0.1) is 0 Å². The van der Waals surface area contributed by atoms with Gasteiger partial charge in [-0.15, -0.1) is 0 Å². The van der Waals surface area contributed by atoms with E-state index < -0.39 is 0 Å². The van der Waals surface area contributed by atoms with E-state index in [1.165, 1.54) is 30.4 Å². The predicted octanol–water partition coefficient (Wildman–Crippen LogP) is 3.27. The molecule has 0 N–H and O–H groups in total. The van der Waals surface area contributed by atoms with Crippen LogP contribution < -0.4 is 4.90 Å². The van der Waals surface area contributed by atoms with Crippen LogP contribution in [0.25, 0.3) is 0 Å². The molecule has 1 amide bonds. The van der Waals surface area contributed by atoms with Crippen molar-refractivity contribution < 1.29 is 4.79 Å². The summed E-state index contributed by atoms with van der Waals surface area (Å²) >= 11 is 0. The van der Waals surface area contributed by atoms with Gasteiger partial charge < -0.3 is 9.80 Å². The fraction of sp³-hybridized carbons (Fsp3) is 0.400. The lowest BCUT2D eigenvalue weighted by Gasteiger charge is -2.30. The second-order valence-corrected chi connectivity index (χ2v) is 6.69. The first kappa shape index (κ1) is 15.2. The molecule has 0 unspecified atom stereocenters. The summed E-state index contributed by atoms with van der Waals surface area (Å²) in [5, 5.41) is 0. The van der Waals surface area contributed by atoms with Crippen LogP contribution >= 0.6 is 0 Å². The van der Waals surface area contributed by atoms with Crippen LogP contribution in [0.2, 0.25) is 0 Å². The summed E-state index contributed by atoms with van der Waals surface area (Å²) in [7, 11) is 0. The fourth-order valence-electron chi connectivity index (χ4n) is 3.68.